The largest absolute Gasteiger partial charge is 0.486 e. The Morgan fingerprint density at radius 1 is 1.03 bits per heavy atom. The molecule has 0 spiro atoms. The summed E-state index contributed by atoms with van der Waals surface area (Å²) in [6.07, 6.45) is 4.13. The quantitative estimate of drug-likeness (QED) is 0.599. The molecule has 154 valence electrons. The maximum absolute atomic E-state index is 13.1. The van der Waals surface area contributed by atoms with Crippen LogP contribution in [0.2, 0.25) is 0 Å². The predicted octanol–water partition coefficient (Wildman–Crippen LogP) is 4.87. The lowest BCUT2D eigenvalue weighted by molar-refractivity contribution is 0.100. The number of rotatable bonds is 5. The van der Waals surface area contributed by atoms with Gasteiger partial charge in [-0.15, -0.1) is 17.0 Å². The van der Waals surface area contributed by atoms with Gasteiger partial charge in [-0.3, -0.25) is 9.79 Å². The molecule has 0 N–H and O–H groups in total. The summed E-state index contributed by atoms with van der Waals surface area (Å²) in [6, 6.07) is 13.9. The molecule has 2 aromatic carbocycles. The number of Topliss-reactive ketones (excluding diaryl/α,β-unsaturated/α-hetero) is 1. The van der Waals surface area contributed by atoms with Crippen LogP contribution in [-0.4, -0.2) is 37.9 Å². The number of carbonyl (C=O) groups is 1. The molecule has 2 aliphatic heterocycles. The molecule has 0 saturated heterocycles. The summed E-state index contributed by atoms with van der Waals surface area (Å²) in [5.41, 5.74) is 2.94. The minimum atomic E-state index is 0. The van der Waals surface area contributed by atoms with Gasteiger partial charge in [-0.2, -0.15) is 0 Å². The minimum absolute atomic E-state index is 0. The molecule has 0 aromatic heterocycles. The van der Waals surface area contributed by atoms with Crippen molar-refractivity contribution in [2.75, 3.05) is 31.2 Å². The van der Waals surface area contributed by atoms with E-state index in [1.165, 1.54) is 5.56 Å². The summed E-state index contributed by atoms with van der Waals surface area (Å²) in [7, 11) is 0. The van der Waals surface area contributed by atoms with Gasteiger partial charge in [-0.1, -0.05) is 19.1 Å². The number of nitrogens with zero attached hydrogens (tertiary/aromatic N) is 2. The Kier molecular flexibility index (Phi) is 7.31. The van der Waals surface area contributed by atoms with E-state index in [4.69, 9.17) is 14.5 Å². The summed E-state index contributed by atoms with van der Waals surface area (Å²) < 4.78 is 11.2. The number of carbonyl (C=O) groups excluding carboxylic acids is 1. The van der Waals surface area contributed by atoms with Gasteiger partial charge in [0.2, 0.25) is 0 Å². The van der Waals surface area contributed by atoms with Gasteiger partial charge >= 0.3 is 0 Å². The van der Waals surface area contributed by atoms with Crippen molar-refractivity contribution in [3.05, 3.63) is 53.6 Å². The average molecular weight is 459 g/mol. The summed E-state index contributed by atoms with van der Waals surface area (Å²) in [6.45, 7) is 4.30. The molecule has 4 rings (SSSR count). The minimum Gasteiger partial charge on any atom is -0.486 e. The van der Waals surface area contributed by atoms with Crippen molar-refractivity contribution in [3.63, 3.8) is 0 Å². The Hall–Kier alpha value is -2.34. The molecule has 0 aliphatic carbocycles. The van der Waals surface area contributed by atoms with Crippen LogP contribution < -0.4 is 14.4 Å². The van der Waals surface area contributed by atoms with Crippen LogP contribution in [-0.2, 0) is 6.42 Å². The van der Waals surface area contributed by atoms with Gasteiger partial charge in [-0.25, -0.2) is 0 Å². The molecule has 2 aliphatic rings. The van der Waals surface area contributed by atoms with Crippen LogP contribution in [0.15, 0.2) is 47.5 Å². The van der Waals surface area contributed by atoms with E-state index in [0.29, 0.717) is 30.3 Å². The number of benzene rings is 2. The van der Waals surface area contributed by atoms with Gasteiger partial charge in [0.15, 0.2) is 17.3 Å². The molecule has 29 heavy (non-hydrogen) atoms. The molecular weight excluding hydrogens is 432 g/mol. The molecule has 0 unspecified atom stereocenters. The Bertz CT molecular complexity index is 880. The highest BCUT2D eigenvalue weighted by Gasteiger charge is 2.21. The number of fused-ring (bicyclic) bond motifs is 1. The normalized spacial score (nSPS) is 15.1. The molecule has 0 bridgehead atoms. The molecular formula is C23H27BrN2O3. The molecule has 0 radical (unpaired) electrons. The maximum Gasteiger partial charge on any atom is 0.182 e. The van der Waals surface area contributed by atoms with Gasteiger partial charge < -0.3 is 14.4 Å². The molecule has 0 saturated carbocycles. The summed E-state index contributed by atoms with van der Waals surface area (Å²) >= 11 is 0. The SMILES string of the molecule is Br.CCc1ccc(N(CC(=O)c2ccc3c(c2)OCCO3)C2=NCCCC2)cc1. The zero-order valence-corrected chi connectivity index (χ0v) is 18.4. The van der Waals surface area contributed by atoms with Crippen LogP contribution >= 0.6 is 17.0 Å². The topological polar surface area (TPSA) is 51.1 Å². The van der Waals surface area contributed by atoms with Crippen molar-refractivity contribution in [1.82, 2.24) is 0 Å². The van der Waals surface area contributed by atoms with Crippen LogP contribution in [0, 0.1) is 0 Å². The van der Waals surface area contributed by atoms with E-state index < -0.39 is 0 Å². The van der Waals surface area contributed by atoms with Gasteiger partial charge in [0, 0.05) is 24.2 Å². The second-order valence-electron chi connectivity index (χ2n) is 7.14. The number of ether oxygens (including phenoxy) is 2. The van der Waals surface area contributed by atoms with E-state index >= 15 is 0 Å². The number of aryl methyl sites for hydroxylation is 1. The van der Waals surface area contributed by atoms with Crippen molar-refractivity contribution >= 4 is 34.3 Å². The van der Waals surface area contributed by atoms with Crippen molar-refractivity contribution in [3.8, 4) is 11.5 Å². The molecule has 2 aromatic rings. The Labute approximate surface area is 182 Å². The molecule has 2 heterocycles. The number of anilines is 1. The Morgan fingerprint density at radius 3 is 2.48 bits per heavy atom. The van der Waals surface area contributed by atoms with Crippen LogP contribution in [0.1, 0.15) is 42.1 Å². The smallest absolute Gasteiger partial charge is 0.182 e. The van der Waals surface area contributed by atoms with E-state index in [2.05, 4.69) is 36.1 Å². The molecule has 0 amide bonds. The standard InChI is InChI=1S/C23H26N2O3.BrH/c1-2-17-6-9-19(10-7-17)25(23-5-3-4-12-24-23)16-20(26)18-8-11-21-22(15-18)28-14-13-27-21;/h6-11,15H,2-5,12-14,16H2,1H3;1H. The first kappa shape index (κ1) is 21.4. The zero-order valence-electron chi connectivity index (χ0n) is 16.7. The number of halogens is 1. The zero-order chi connectivity index (χ0) is 19.3. The number of amidine groups is 1. The summed E-state index contributed by atoms with van der Waals surface area (Å²) in [4.78, 5) is 19.9. The van der Waals surface area contributed by atoms with Crippen molar-refractivity contribution in [2.45, 2.75) is 32.6 Å². The lowest BCUT2D eigenvalue weighted by Crippen LogP contribution is -2.37. The van der Waals surface area contributed by atoms with E-state index in [1.54, 1.807) is 6.07 Å². The molecule has 0 fully saturated rings. The fourth-order valence-electron chi connectivity index (χ4n) is 3.60. The van der Waals surface area contributed by atoms with Crippen molar-refractivity contribution < 1.29 is 14.3 Å². The van der Waals surface area contributed by atoms with E-state index in [9.17, 15) is 4.79 Å². The number of hydrogen-bond acceptors (Lipinski definition) is 5. The van der Waals surface area contributed by atoms with Crippen LogP contribution in [0.5, 0.6) is 11.5 Å². The lowest BCUT2D eigenvalue weighted by atomic mass is 10.1. The highest BCUT2D eigenvalue weighted by Crippen LogP contribution is 2.31. The van der Waals surface area contributed by atoms with Crippen molar-refractivity contribution in [1.29, 1.82) is 0 Å². The first-order valence-electron chi connectivity index (χ1n) is 10.1. The highest BCUT2D eigenvalue weighted by atomic mass is 79.9. The number of aliphatic imine (C=N–C) groups is 1. The number of ketones is 1. The first-order valence-corrected chi connectivity index (χ1v) is 10.1. The van der Waals surface area contributed by atoms with Crippen LogP contribution in [0.3, 0.4) is 0 Å². The monoisotopic (exact) mass is 458 g/mol. The second-order valence-corrected chi connectivity index (χ2v) is 7.14. The van der Waals surface area contributed by atoms with Crippen molar-refractivity contribution in [2.24, 2.45) is 4.99 Å². The molecule has 0 atom stereocenters. The van der Waals surface area contributed by atoms with E-state index in [1.807, 2.05) is 12.1 Å². The average Bonchev–Trinajstić information content (AvgIpc) is 2.77. The number of hydrogen-bond donors (Lipinski definition) is 0. The third-order valence-electron chi connectivity index (χ3n) is 5.24. The molecule has 5 nitrogen and oxygen atoms in total. The van der Waals surface area contributed by atoms with E-state index in [-0.39, 0.29) is 29.3 Å². The van der Waals surface area contributed by atoms with Crippen LogP contribution in [0.25, 0.3) is 0 Å². The third-order valence-corrected chi connectivity index (χ3v) is 5.24. The predicted molar refractivity (Wildman–Crippen MR) is 121 cm³/mol. The van der Waals surface area contributed by atoms with Crippen LogP contribution in [0.4, 0.5) is 5.69 Å². The molecule has 6 heteroatoms. The van der Waals surface area contributed by atoms with Gasteiger partial charge in [0.1, 0.15) is 19.0 Å². The maximum atomic E-state index is 13.1. The van der Waals surface area contributed by atoms with Gasteiger partial charge in [0.05, 0.1) is 6.54 Å². The highest BCUT2D eigenvalue weighted by molar-refractivity contribution is 8.93. The summed E-state index contributed by atoms with van der Waals surface area (Å²) in [5.74, 6) is 2.39. The Morgan fingerprint density at radius 2 is 1.79 bits per heavy atom. The second kappa shape index (κ2) is 9.92. The fraction of sp³-hybridized carbons (Fsp3) is 0.391. The summed E-state index contributed by atoms with van der Waals surface area (Å²) in [5, 5.41) is 0. The Balaban J connectivity index is 0.00000240. The lowest BCUT2D eigenvalue weighted by Gasteiger charge is -2.28. The first-order chi connectivity index (χ1) is 13.7. The third kappa shape index (κ3) is 4.99. The van der Waals surface area contributed by atoms with E-state index in [0.717, 1.165) is 43.8 Å². The van der Waals surface area contributed by atoms with Gasteiger partial charge in [0.25, 0.3) is 0 Å². The fourth-order valence-corrected chi connectivity index (χ4v) is 3.60. The van der Waals surface area contributed by atoms with Gasteiger partial charge in [-0.05, 0) is 55.2 Å².